The molecule has 0 atom stereocenters. The highest BCUT2D eigenvalue weighted by molar-refractivity contribution is 7.98. The molecule has 0 fully saturated rings. The fourth-order valence-electron chi connectivity index (χ4n) is 3.24. The van der Waals surface area contributed by atoms with Gasteiger partial charge in [0.15, 0.2) is 6.61 Å². The summed E-state index contributed by atoms with van der Waals surface area (Å²) in [6, 6.07) is 16.5. The zero-order chi connectivity index (χ0) is 23.4. The highest BCUT2D eigenvalue weighted by atomic mass is 32.2. The van der Waals surface area contributed by atoms with Crippen LogP contribution in [0.3, 0.4) is 0 Å². The second-order valence-corrected chi connectivity index (χ2v) is 8.52. The lowest BCUT2D eigenvalue weighted by molar-refractivity contribution is -0.119. The first-order chi connectivity index (χ1) is 15.9. The summed E-state index contributed by atoms with van der Waals surface area (Å²) in [6.45, 7) is 5.46. The van der Waals surface area contributed by atoms with Gasteiger partial charge < -0.3 is 10.1 Å². The van der Waals surface area contributed by atoms with Crippen molar-refractivity contribution in [3.63, 3.8) is 0 Å². The molecule has 4 rings (SSSR count). The molecule has 0 saturated heterocycles. The van der Waals surface area contributed by atoms with Crippen molar-refractivity contribution in [2.45, 2.75) is 31.7 Å². The highest BCUT2D eigenvalue weighted by Crippen LogP contribution is 2.23. The van der Waals surface area contributed by atoms with E-state index in [9.17, 15) is 9.59 Å². The minimum absolute atomic E-state index is 0.369. The summed E-state index contributed by atoms with van der Waals surface area (Å²) in [7, 11) is 0. The summed E-state index contributed by atoms with van der Waals surface area (Å²) in [6.07, 6.45) is 0. The van der Waals surface area contributed by atoms with Crippen LogP contribution in [0.4, 0.5) is 5.69 Å². The van der Waals surface area contributed by atoms with Crippen molar-refractivity contribution in [1.82, 2.24) is 19.6 Å². The molecule has 0 aliphatic carbocycles. The summed E-state index contributed by atoms with van der Waals surface area (Å²) < 4.78 is 6.95. The number of aryl methyl sites for hydroxylation is 3. The Morgan fingerprint density at radius 3 is 2.58 bits per heavy atom. The lowest BCUT2D eigenvalue weighted by Gasteiger charge is -2.09. The monoisotopic (exact) mass is 461 g/mol. The van der Waals surface area contributed by atoms with Gasteiger partial charge in [-0.15, -0.1) is 5.10 Å². The normalized spacial score (nSPS) is 10.9. The number of rotatable bonds is 7. The molecular weight excluding hydrogens is 438 g/mol. The van der Waals surface area contributed by atoms with Gasteiger partial charge >= 0.3 is 5.97 Å². The molecule has 0 spiro atoms. The number of fused-ring (bicyclic) bond motifs is 1. The number of hydrogen-bond acceptors (Lipinski definition) is 7. The maximum absolute atomic E-state index is 12.6. The van der Waals surface area contributed by atoms with Crippen molar-refractivity contribution >= 4 is 35.1 Å². The second-order valence-electron chi connectivity index (χ2n) is 7.58. The van der Waals surface area contributed by atoms with Gasteiger partial charge in [-0.2, -0.15) is 4.98 Å². The van der Waals surface area contributed by atoms with Crippen molar-refractivity contribution in [1.29, 1.82) is 0 Å². The molecule has 2 heterocycles. The Hall–Kier alpha value is -3.72. The molecule has 33 heavy (non-hydrogen) atoms. The summed E-state index contributed by atoms with van der Waals surface area (Å²) in [5.41, 5.74) is 4.74. The molecule has 2 aromatic heterocycles. The van der Waals surface area contributed by atoms with Gasteiger partial charge in [-0.25, -0.2) is 14.3 Å². The number of nitrogens with one attached hydrogen (secondary N) is 1. The molecule has 2 aromatic carbocycles. The van der Waals surface area contributed by atoms with E-state index in [1.54, 1.807) is 28.8 Å². The standard InChI is InChI=1S/C24H23N5O3S/c1-15-8-10-19(11-9-15)26-21(30)13-32-22(31)20-7-5-4-6-18(20)14-33-24-27-23-25-16(2)12-17(3)29(23)28-24/h4-12H,13-14H2,1-3H3,(H,26,30). The Morgan fingerprint density at radius 1 is 1.03 bits per heavy atom. The first kappa shape index (κ1) is 22.5. The van der Waals surface area contributed by atoms with Crippen LogP contribution in [0, 0.1) is 20.8 Å². The van der Waals surface area contributed by atoms with E-state index in [1.807, 2.05) is 51.1 Å². The smallest absolute Gasteiger partial charge is 0.338 e. The van der Waals surface area contributed by atoms with E-state index in [-0.39, 0.29) is 6.61 Å². The topological polar surface area (TPSA) is 98.5 Å². The average Bonchev–Trinajstić information content (AvgIpc) is 3.21. The molecule has 0 aliphatic heterocycles. The first-order valence-electron chi connectivity index (χ1n) is 10.3. The fraction of sp³-hybridized carbons (Fsp3) is 0.208. The van der Waals surface area contributed by atoms with Crippen molar-refractivity contribution in [3.05, 3.63) is 82.7 Å². The Morgan fingerprint density at radius 2 is 1.79 bits per heavy atom. The van der Waals surface area contributed by atoms with E-state index in [0.717, 1.165) is 22.5 Å². The Balaban J connectivity index is 1.38. The lowest BCUT2D eigenvalue weighted by atomic mass is 10.1. The van der Waals surface area contributed by atoms with Crippen LogP contribution in [0.5, 0.6) is 0 Å². The number of carbonyl (C=O) groups is 2. The number of aromatic nitrogens is 4. The van der Waals surface area contributed by atoms with Crippen LogP contribution < -0.4 is 5.32 Å². The maximum Gasteiger partial charge on any atom is 0.338 e. The highest BCUT2D eigenvalue weighted by Gasteiger charge is 2.16. The third-order valence-corrected chi connectivity index (χ3v) is 5.75. The summed E-state index contributed by atoms with van der Waals surface area (Å²) in [5.74, 6) is 0.0604. The van der Waals surface area contributed by atoms with Crippen LogP contribution in [-0.2, 0) is 15.3 Å². The zero-order valence-corrected chi connectivity index (χ0v) is 19.3. The molecule has 0 unspecified atom stereocenters. The summed E-state index contributed by atoms with van der Waals surface area (Å²) in [4.78, 5) is 33.7. The first-order valence-corrected chi connectivity index (χ1v) is 11.3. The van der Waals surface area contributed by atoms with Gasteiger partial charge in [-0.3, -0.25) is 4.79 Å². The molecule has 0 bridgehead atoms. The quantitative estimate of drug-likeness (QED) is 0.326. The Labute approximate surface area is 195 Å². The molecule has 1 N–H and O–H groups in total. The third-order valence-electron chi connectivity index (χ3n) is 4.86. The van der Waals surface area contributed by atoms with Gasteiger partial charge in [-0.1, -0.05) is 47.7 Å². The van der Waals surface area contributed by atoms with Gasteiger partial charge in [0.05, 0.1) is 5.56 Å². The average molecular weight is 462 g/mol. The van der Waals surface area contributed by atoms with E-state index in [4.69, 9.17) is 4.74 Å². The van der Waals surface area contributed by atoms with Crippen LogP contribution in [0.25, 0.3) is 5.78 Å². The van der Waals surface area contributed by atoms with Crippen LogP contribution in [-0.4, -0.2) is 38.1 Å². The van der Waals surface area contributed by atoms with Crippen LogP contribution in [0.2, 0.25) is 0 Å². The number of esters is 1. The molecule has 4 aromatic rings. The number of thioether (sulfide) groups is 1. The second kappa shape index (κ2) is 9.83. The van der Waals surface area contributed by atoms with Gasteiger partial charge in [-0.05, 0) is 50.6 Å². The zero-order valence-electron chi connectivity index (χ0n) is 18.5. The number of nitrogens with zero attached hydrogens (tertiary/aromatic N) is 4. The van der Waals surface area contributed by atoms with Crippen LogP contribution in [0.1, 0.15) is 32.9 Å². The van der Waals surface area contributed by atoms with Gasteiger partial charge in [0.1, 0.15) is 0 Å². The molecule has 0 radical (unpaired) electrons. The van der Waals surface area contributed by atoms with E-state index >= 15 is 0 Å². The Kier molecular flexibility index (Phi) is 6.69. The molecule has 168 valence electrons. The number of amides is 1. The predicted octanol–water partition coefficient (Wildman–Crippen LogP) is 4.14. The predicted molar refractivity (Wildman–Crippen MR) is 126 cm³/mol. The lowest BCUT2D eigenvalue weighted by Crippen LogP contribution is -2.21. The Bertz CT molecular complexity index is 1320. The minimum atomic E-state index is -0.554. The van der Waals surface area contributed by atoms with E-state index in [1.165, 1.54) is 11.8 Å². The molecule has 9 heteroatoms. The summed E-state index contributed by atoms with van der Waals surface area (Å²) >= 11 is 1.40. The van der Waals surface area contributed by atoms with E-state index < -0.39 is 11.9 Å². The molecule has 0 aliphatic rings. The minimum Gasteiger partial charge on any atom is -0.452 e. The number of anilines is 1. The number of benzene rings is 2. The van der Waals surface area contributed by atoms with Crippen molar-refractivity contribution in [3.8, 4) is 0 Å². The number of hydrogen-bond donors (Lipinski definition) is 1. The molecular formula is C24H23N5O3S. The van der Waals surface area contributed by atoms with Crippen LogP contribution >= 0.6 is 11.8 Å². The molecule has 8 nitrogen and oxygen atoms in total. The molecule has 0 saturated carbocycles. The fourth-order valence-corrected chi connectivity index (χ4v) is 4.06. The SMILES string of the molecule is Cc1ccc(NC(=O)COC(=O)c2ccccc2CSc2nc3nc(C)cc(C)n3n2)cc1. The number of carbonyl (C=O) groups excluding carboxylic acids is 2. The molecule has 1 amide bonds. The van der Waals surface area contributed by atoms with Crippen molar-refractivity contribution in [2.24, 2.45) is 0 Å². The van der Waals surface area contributed by atoms with Gasteiger partial charge in [0.25, 0.3) is 11.7 Å². The van der Waals surface area contributed by atoms with Crippen molar-refractivity contribution in [2.75, 3.05) is 11.9 Å². The maximum atomic E-state index is 12.6. The summed E-state index contributed by atoms with van der Waals surface area (Å²) in [5, 5.41) is 7.76. The van der Waals surface area contributed by atoms with Gasteiger partial charge in [0, 0.05) is 22.8 Å². The van der Waals surface area contributed by atoms with E-state index in [2.05, 4.69) is 20.4 Å². The largest absolute Gasteiger partial charge is 0.452 e. The van der Waals surface area contributed by atoms with Crippen LogP contribution in [0.15, 0.2) is 59.8 Å². The van der Waals surface area contributed by atoms with Crippen molar-refractivity contribution < 1.29 is 14.3 Å². The van der Waals surface area contributed by atoms with E-state index in [0.29, 0.717) is 27.9 Å². The van der Waals surface area contributed by atoms with Gasteiger partial charge in [0.2, 0.25) is 5.16 Å². The third kappa shape index (κ3) is 5.56. The number of ether oxygens (including phenoxy) is 1.